The van der Waals surface area contributed by atoms with Crippen LogP contribution in [0.2, 0.25) is 0 Å². The normalized spacial score (nSPS) is 20.5. The van der Waals surface area contributed by atoms with Gasteiger partial charge >= 0.3 is 0 Å². The van der Waals surface area contributed by atoms with Gasteiger partial charge in [-0.3, -0.25) is 4.90 Å². The van der Waals surface area contributed by atoms with E-state index in [1.807, 2.05) is 0 Å². The fraction of sp³-hybridized carbons (Fsp3) is 1.00. The maximum atomic E-state index is 5.29. The molecule has 1 rings (SSSR count). The van der Waals surface area contributed by atoms with E-state index in [0.717, 1.165) is 25.6 Å². The molecule has 1 aliphatic rings. The van der Waals surface area contributed by atoms with Crippen LogP contribution in [0.25, 0.3) is 0 Å². The largest absolute Gasteiger partial charge is 0.383 e. The van der Waals surface area contributed by atoms with Crippen LogP contribution in [0.5, 0.6) is 0 Å². The van der Waals surface area contributed by atoms with Crippen LogP contribution in [0.3, 0.4) is 0 Å². The lowest BCUT2D eigenvalue weighted by Gasteiger charge is -2.34. The number of methoxy groups -OCH3 is 1. The van der Waals surface area contributed by atoms with Gasteiger partial charge in [-0.15, -0.1) is 0 Å². The van der Waals surface area contributed by atoms with Gasteiger partial charge in [0.25, 0.3) is 0 Å². The minimum absolute atomic E-state index is 0.516. The second kappa shape index (κ2) is 8.89. The van der Waals surface area contributed by atoms with Crippen molar-refractivity contribution in [3.8, 4) is 0 Å². The van der Waals surface area contributed by atoms with E-state index >= 15 is 0 Å². The molecular formula is C15H32N2O. The molecule has 2 unspecified atom stereocenters. The molecular weight excluding hydrogens is 224 g/mol. The summed E-state index contributed by atoms with van der Waals surface area (Å²) >= 11 is 0. The molecule has 3 nitrogen and oxygen atoms in total. The van der Waals surface area contributed by atoms with Gasteiger partial charge in [0.05, 0.1) is 6.61 Å². The van der Waals surface area contributed by atoms with Crippen LogP contribution < -0.4 is 5.32 Å². The maximum absolute atomic E-state index is 5.29. The van der Waals surface area contributed by atoms with E-state index in [9.17, 15) is 0 Å². The standard InChI is InChI=1S/C15H32N2O/c1-5-16-15(14-9-7-8-10-14)11-17(6-2)13(3)12-18-4/h13-16H,5-12H2,1-4H3. The molecule has 0 aromatic carbocycles. The first-order chi connectivity index (χ1) is 8.72. The molecule has 108 valence electrons. The average molecular weight is 256 g/mol. The average Bonchev–Trinajstić information content (AvgIpc) is 2.88. The monoisotopic (exact) mass is 256 g/mol. The van der Waals surface area contributed by atoms with Crippen LogP contribution in [0.4, 0.5) is 0 Å². The second-order valence-corrected chi connectivity index (χ2v) is 5.60. The molecule has 0 bridgehead atoms. The van der Waals surface area contributed by atoms with Gasteiger partial charge in [-0.1, -0.05) is 26.7 Å². The van der Waals surface area contributed by atoms with Gasteiger partial charge in [-0.25, -0.2) is 0 Å². The molecule has 0 aliphatic heterocycles. The highest BCUT2D eigenvalue weighted by Gasteiger charge is 2.26. The lowest BCUT2D eigenvalue weighted by molar-refractivity contribution is 0.0896. The number of nitrogens with one attached hydrogen (secondary N) is 1. The number of hydrogen-bond donors (Lipinski definition) is 1. The van der Waals surface area contributed by atoms with Crippen LogP contribution >= 0.6 is 0 Å². The highest BCUT2D eigenvalue weighted by molar-refractivity contribution is 4.84. The Hall–Kier alpha value is -0.120. The topological polar surface area (TPSA) is 24.5 Å². The third-order valence-corrected chi connectivity index (χ3v) is 4.30. The zero-order chi connectivity index (χ0) is 13.4. The first-order valence-electron chi connectivity index (χ1n) is 7.69. The highest BCUT2D eigenvalue weighted by Crippen LogP contribution is 2.28. The Bertz CT molecular complexity index is 205. The van der Waals surface area contributed by atoms with Crippen molar-refractivity contribution in [3.63, 3.8) is 0 Å². The predicted molar refractivity (Wildman–Crippen MR) is 78.0 cm³/mol. The first kappa shape index (κ1) is 15.9. The summed E-state index contributed by atoms with van der Waals surface area (Å²) in [5.41, 5.74) is 0. The van der Waals surface area contributed by atoms with Gasteiger partial charge in [0, 0.05) is 25.7 Å². The van der Waals surface area contributed by atoms with Crippen molar-refractivity contribution in [2.75, 3.05) is 33.4 Å². The van der Waals surface area contributed by atoms with E-state index in [-0.39, 0.29) is 0 Å². The number of rotatable bonds is 9. The van der Waals surface area contributed by atoms with E-state index in [1.54, 1.807) is 7.11 Å². The molecule has 0 amide bonds. The lowest BCUT2D eigenvalue weighted by Crippen LogP contribution is -2.48. The molecule has 18 heavy (non-hydrogen) atoms. The summed E-state index contributed by atoms with van der Waals surface area (Å²) in [6.45, 7) is 10.9. The van der Waals surface area contributed by atoms with Crippen molar-refractivity contribution < 1.29 is 4.74 Å². The van der Waals surface area contributed by atoms with Gasteiger partial charge in [0.15, 0.2) is 0 Å². The summed E-state index contributed by atoms with van der Waals surface area (Å²) in [7, 11) is 1.79. The van der Waals surface area contributed by atoms with Crippen molar-refractivity contribution in [2.24, 2.45) is 5.92 Å². The maximum Gasteiger partial charge on any atom is 0.0615 e. The Morgan fingerprint density at radius 2 is 1.94 bits per heavy atom. The zero-order valence-corrected chi connectivity index (χ0v) is 12.7. The Morgan fingerprint density at radius 1 is 1.28 bits per heavy atom. The SMILES string of the molecule is CCNC(CN(CC)C(C)COC)C1CCCC1. The zero-order valence-electron chi connectivity index (χ0n) is 12.7. The van der Waals surface area contributed by atoms with Crippen LogP contribution in [-0.2, 0) is 4.74 Å². The fourth-order valence-electron chi connectivity index (χ4n) is 3.22. The quantitative estimate of drug-likeness (QED) is 0.686. The van der Waals surface area contributed by atoms with Crippen molar-refractivity contribution >= 4 is 0 Å². The van der Waals surface area contributed by atoms with Crippen LogP contribution in [0.1, 0.15) is 46.5 Å². The molecule has 3 heteroatoms. The van der Waals surface area contributed by atoms with E-state index in [0.29, 0.717) is 12.1 Å². The molecule has 1 saturated carbocycles. The van der Waals surface area contributed by atoms with Crippen LogP contribution in [-0.4, -0.2) is 50.3 Å². The Labute approximate surface area is 113 Å². The van der Waals surface area contributed by atoms with Gasteiger partial charge in [-0.2, -0.15) is 0 Å². The van der Waals surface area contributed by atoms with E-state index in [1.165, 1.54) is 32.2 Å². The third kappa shape index (κ3) is 4.87. The lowest BCUT2D eigenvalue weighted by atomic mass is 9.97. The smallest absolute Gasteiger partial charge is 0.0615 e. The highest BCUT2D eigenvalue weighted by atomic mass is 16.5. The van der Waals surface area contributed by atoms with Gasteiger partial charge in [0.2, 0.25) is 0 Å². The van der Waals surface area contributed by atoms with Crippen molar-refractivity contribution in [3.05, 3.63) is 0 Å². The summed E-state index contributed by atoms with van der Waals surface area (Å²) in [5, 5.41) is 3.70. The van der Waals surface area contributed by atoms with Crippen molar-refractivity contribution in [2.45, 2.75) is 58.5 Å². The summed E-state index contributed by atoms with van der Waals surface area (Å²) in [4.78, 5) is 2.55. The molecule has 1 fully saturated rings. The molecule has 0 spiro atoms. The number of hydrogen-bond acceptors (Lipinski definition) is 3. The number of likely N-dealkylation sites (N-methyl/N-ethyl adjacent to an activating group) is 2. The molecule has 1 N–H and O–H groups in total. The molecule has 0 aromatic rings. The first-order valence-corrected chi connectivity index (χ1v) is 7.69. The second-order valence-electron chi connectivity index (χ2n) is 5.60. The van der Waals surface area contributed by atoms with E-state index < -0.39 is 0 Å². The summed E-state index contributed by atoms with van der Waals surface area (Å²) in [6.07, 6.45) is 5.67. The molecule has 0 heterocycles. The summed E-state index contributed by atoms with van der Waals surface area (Å²) in [5.74, 6) is 0.883. The third-order valence-electron chi connectivity index (χ3n) is 4.30. The van der Waals surface area contributed by atoms with Gasteiger partial charge < -0.3 is 10.1 Å². The fourth-order valence-corrected chi connectivity index (χ4v) is 3.22. The molecule has 0 saturated heterocycles. The minimum atomic E-state index is 0.516. The van der Waals surface area contributed by atoms with Crippen molar-refractivity contribution in [1.82, 2.24) is 10.2 Å². The van der Waals surface area contributed by atoms with E-state index in [2.05, 4.69) is 31.0 Å². The molecule has 2 atom stereocenters. The van der Waals surface area contributed by atoms with Crippen LogP contribution in [0.15, 0.2) is 0 Å². The molecule has 0 aromatic heterocycles. The van der Waals surface area contributed by atoms with Gasteiger partial charge in [0.1, 0.15) is 0 Å². The number of ether oxygens (including phenoxy) is 1. The minimum Gasteiger partial charge on any atom is -0.383 e. The Balaban J connectivity index is 2.50. The number of nitrogens with zero attached hydrogens (tertiary/aromatic N) is 1. The Kier molecular flexibility index (Phi) is 7.87. The molecule has 1 aliphatic carbocycles. The van der Waals surface area contributed by atoms with Gasteiger partial charge in [-0.05, 0) is 38.8 Å². The van der Waals surface area contributed by atoms with E-state index in [4.69, 9.17) is 4.74 Å². The van der Waals surface area contributed by atoms with Crippen molar-refractivity contribution in [1.29, 1.82) is 0 Å². The van der Waals surface area contributed by atoms with Crippen LogP contribution in [0, 0.1) is 5.92 Å². The summed E-state index contributed by atoms with van der Waals surface area (Å²) in [6, 6.07) is 1.18. The summed E-state index contributed by atoms with van der Waals surface area (Å²) < 4.78 is 5.29. The molecule has 0 radical (unpaired) electrons. The Morgan fingerprint density at radius 3 is 2.44 bits per heavy atom. The predicted octanol–water partition coefficient (Wildman–Crippen LogP) is 2.51.